The van der Waals surface area contributed by atoms with Crippen LogP contribution in [-0.2, 0) is 10.0 Å². The second-order valence-electron chi connectivity index (χ2n) is 4.90. The molecule has 0 aliphatic heterocycles. The van der Waals surface area contributed by atoms with Crippen molar-refractivity contribution < 1.29 is 13.2 Å². The van der Waals surface area contributed by atoms with E-state index < -0.39 is 10.0 Å². The van der Waals surface area contributed by atoms with Gasteiger partial charge in [-0.05, 0) is 42.5 Å². The second-order valence-corrected chi connectivity index (χ2v) is 8.48. The largest absolute Gasteiger partial charge is 0.497 e. The fourth-order valence-corrected chi connectivity index (χ4v) is 4.58. The van der Waals surface area contributed by atoms with Gasteiger partial charge in [0, 0.05) is 21.3 Å². The number of anilines is 1. The van der Waals surface area contributed by atoms with Gasteiger partial charge in [0.2, 0.25) is 5.13 Å². The van der Waals surface area contributed by atoms with E-state index in [0.29, 0.717) is 4.90 Å². The van der Waals surface area contributed by atoms with Gasteiger partial charge in [-0.15, -0.1) is 0 Å². The van der Waals surface area contributed by atoms with Crippen molar-refractivity contribution in [3.63, 3.8) is 0 Å². The van der Waals surface area contributed by atoms with Gasteiger partial charge >= 0.3 is 0 Å². The van der Waals surface area contributed by atoms with Gasteiger partial charge in [0.15, 0.2) is 0 Å². The molecule has 7 nitrogen and oxygen atoms in total. The third-order valence-corrected chi connectivity index (χ3v) is 6.38. The highest BCUT2D eigenvalue weighted by Crippen LogP contribution is 2.32. The van der Waals surface area contributed by atoms with E-state index in [0.717, 1.165) is 22.2 Å². The Balaban J connectivity index is 1.86. The van der Waals surface area contributed by atoms with Gasteiger partial charge in [0.25, 0.3) is 10.0 Å². The number of hydrogen-bond donors (Lipinski definition) is 1. The van der Waals surface area contributed by atoms with Crippen molar-refractivity contribution in [1.29, 1.82) is 5.26 Å². The van der Waals surface area contributed by atoms with Crippen molar-refractivity contribution in [3.05, 3.63) is 54.4 Å². The molecule has 0 aliphatic carbocycles. The molecule has 2 aromatic carbocycles. The minimum absolute atomic E-state index is 0.0108. The first-order chi connectivity index (χ1) is 12.5. The molecule has 0 aliphatic rings. The molecule has 26 heavy (non-hydrogen) atoms. The maximum absolute atomic E-state index is 12.4. The molecule has 10 heteroatoms. The summed E-state index contributed by atoms with van der Waals surface area (Å²) in [6, 6.07) is 13.8. The normalized spacial score (nSPS) is 10.9. The molecule has 1 N–H and O–H groups in total. The standard InChI is InChI=1S/C16H12N4O3S3/c1-23-12-2-4-13(5-3-12)24-15-7-6-14(8-11(15)9-17)26(21,22)20-16-18-10-19-25-16/h2-8,10H,1H3,(H,18,19,20). The summed E-state index contributed by atoms with van der Waals surface area (Å²) in [5.74, 6) is 0.735. The summed E-state index contributed by atoms with van der Waals surface area (Å²) in [5.41, 5.74) is 0.269. The number of benzene rings is 2. The van der Waals surface area contributed by atoms with Crippen LogP contribution in [0.4, 0.5) is 5.13 Å². The molecule has 0 bridgehead atoms. The summed E-state index contributed by atoms with van der Waals surface area (Å²) in [6.45, 7) is 0. The van der Waals surface area contributed by atoms with Crippen molar-refractivity contribution in [2.45, 2.75) is 14.7 Å². The average molecular weight is 404 g/mol. The third-order valence-electron chi connectivity index (χ3n) is 3.25. The zero-order valence-electron chi connectivity index (χ0n) is 13.4. The molecule has 3 rings (SSSR count). The summed E-state index contributed by atoms with van der Waals surface area (Å²) in [4.78, 5) is 5.35. The molecule has 0 fully saturated rings. The average Bonchev–Trinajstić information content (AvgIpc) is 3.14. The van der Waals surface area contributed by atoms with E-state index in [-0.39, 0.29) is 15.6 Å². The van der Waals surface area contributed by atoms with Crippen molar-refractivity contribution in [2.24, 2.45) is 0 Å². The molecule has 0 saturated heterocycles. The third kappa shape index (κ3) is 4.13. The van der Waals surface area contributed by atoms with Crippen molar-refractivity contribution >= 4 is 38.4 Å². The Kier molecular flexibility index (Phi) is 5.41. The Bertz CT molecular complexity index is 1040. The lowest BCUT2D eigenvalue weighted by molar-refractivity contribution is 0.414. The monoisotopic (exact) mass is 404 g/mol. The zero-order chi connectivity index (χ0) is 18.6. The van der Waals surface area contributed by atoms with E-state index in [9.17, 15) is 13.7 Å². The SMILES string of the molecule is COc1ccc(Sc2ccc(S(=O)(=O)Nc3ncns3)cc2C#N)cc1. The Labute approximate surface area is 158 Å². The lowest BCUT2D eigenvalue weighted by Crippen LogP contribution is -2.13. The Hall–Kier alpha value is -2.61. The molecule has 132 valence electrons. The Morgan fingerprint density at radius 2 is 2.00 bits per heavy atom. The molecular formula is C16H12N4O3S3. The number of aromatic nitrogens is 2. The van der Waals surface area contributed by atoms with E-state index in [4.69, 9.17) is 4.74 Å². The summed E-state index contributed by atoms with van der Waals surface area (Å²) < 4.78 is 36.0. The summed E-state index contributed by atoms with van der Waals surface area (Å²) in [6.07, 6.45) is 1.26. The molecule has 0 saturated carbocycles. The van der Waals surface area contributed by atoms with Gasteiger partial charge in [-0.25, -0.2) is 13.4 Å². The van der Waals surface area contributed by atoms with Crippen LogP contribution in [0.3, 0.4) is 0 Å². The van der Waals surface area contributed by atoms with Gasteiger partial charge in [0.05, 0.1) is 17.6 Å². The van der Waals surface area contributed by atoms with E-state index in [1.165, 1.54) is 30.2 Å². The molecular weight excluding hydrogens is 392 g/mol. The van der Waals surface area contributed by atoms with E-state index in [1.54, 1.807) is 13.2 Å². The topological polar surface area (TPSA) is 105 Å². The lowest BCUT2D eigenvalue weighted by atomic mass is 10.2. The van der Waals surface area contributed by atoms with Crippen LogP contribution in [0.25, 0.3) is 0 Å². The smallest absolute Gasteiger partial charge is 0.263 e. The summed E-state index contributed by atoms with van der Waals surface area (Å²) in [5, 5.41) is 9.57. The Morgan fingerprint density at radius 1 is 1.23 bits per heavy atom. The van der Waals surface area contributed by atoms with Crippen LogP contribution in [0, 0.1) is 11.3 Å². The Morgan fingerprint density at radius 3 is 2.62 bits per heavy atom. The number of ether oxygens (including phenoxy) is 1. The maximum Gasteiger partial charge on any atom is 0.263 e. The molecule has 3 aromatic rings. The summed E-state index contributed by atoms with van der Waals surface area (Å²) >= 11 is 2.30. The van der Waals surface area contributed by atoms with E-state index in [2.05, 4.69) is 14.1 Å². The number of nitriles is 1. The lowest BCUT2D eigenvalue weighted by Gasteiger charge is -2.09. The molecule has 0 atom stereocenters. The fraction of sp³-hybridized carbons (Fsp3) is 0.0625. The van der Waals surface area contributed by atoms with Gasteiger partial charge < -0.3 is 4.74 Å². The van der Waals surface area contributed by atoms with Crippen molar-refractivity contribution in [3.8, 4) is 11.8 Å². The number of sulfonamides is 1. The predicted molar refractivity (Wildman–Crippen MR) is 99.0 cm³/mol. The second kappa shape index (κ2) is 7.74. The molecule has 0 spiro atoms. The highest BCUT2D eigenvalue weighted by Gasteiger charge is 2.18. The number of methoxy groups -OCH3 is 1. The molecule has 0 unspecified atom stereocenters. The van der Waals surface area contributed by atoms with Crippen molar-refractivity contribution in [1.82, 2.24) is 9.36 Å². The van der Waals surface area contributed by atoms with Gasteiger partial charge in [-0.3, -0.25) is 4.72 Å². The van der Waals surface area contributed by atoms with Gasteiger partial charge in [-0.2, -0.15) is 9.64 Å². The number of nitrogens with one attached hydrogen (secondary N) is 1. The van der Waals surface area contributed by atoms with Crippen LogP contribution in [0.1, 0.15) is 5.56 Å². The molecule has 0 radical (unpaired) electrons. The molecule has 1 aromatic heterocycles. The first-order valence-corrected chi connectivity index (χ1v) is 10.2. The minimum atomic E-state index is -3.83. The molecule has 0 amide bonds. The zero-order valence-corrected chi connectivity index (χ0v) is 15.9. The number of nitrogens with zero attached hydrogens (tertiary/aromatic N) is 3. The first kappa shape index (κ1) is 18.2. The van der Waals surface area contributed by atoms with Crippen molar-refractivity contribution in [2.75, 3.05) is 11.8 Å². The van der Waals surface area contributed by atoms with E-state index in [1.807, 2.05) is 30.3 Å². The van der Waals surface area contributed by atoms with Crippen LogP contribution in [0.15, 0.2) is 63.5 Å². The quantitative estimate of drug-likeness (QED) is 0.671. The van der Waals surface area contributed by atoms with Gasteiger partial charge in [0.1, 0.15) is 18.1 Å². The maximum atomic E-state index is 12.4. The number of rotatable bonds is 6. The van der Waals surface area contributed by atoms with Crippen LogP contribution < -0.4 is 9.46 Å². The van der Waals surface area contributed by atoms with Crippen LogP contribution in [-0.4, -0.2) is 24.9 Å². The number of hydrogen-bond acceptors (Lipinski definition) is 8. The van der Waals surface area contributed by atoms with Crippen LogP contribution in [0.5, 0.6) is 5.75 Å². The first-order valence-electron chi connectivity index (χ1n) is 7.17. The highest BCUT2D eigenvalue weighted by atomic mass is 32.2. The van der Waals surface area contributed by atoms with Gasteiger partial charge in [-0.1, -0.05) is 11.8 Å². The van der Waals surface area contributed by atoms with Crippen LogP contribution >= 0.6 is 23.3 Å². The molecule has 1 heterocycles. The summed E-state index contributed by atoms with van der Waals surface area (Å²) in [7, 11) is -2.25. The van der Waals surface area contributed by atoms with Crippen LogP contribution in [0.2, 0.25) is 0 Å². The van der Waals surface area contributed by atoms with E-state index >= 15 is 0 Å². The highest BCUT2D eigenvalue weighted by molar-refractivity contribution is 7.99. The predicted octanol–water partition coefficient (Wildman–Crippen LogP) is 3.37. The minimum Gasteiger partial charge on any atom is -0.497 e. The fourth-order valence-electron chi connectivity index (χ4n) is 2.02.